The van der Waals surface area contributed by atoms with Gasteiger partial charge in [-0.1, -0.05) is 30.0 Å². The summed E-state index contributed by atoms with van der Waals surface area (Å²) < 4.78 is 11.6. The van der Waals surface area contributed by atoms with Crippen LogP contribution in [-0.2, 0) is 6.54 Å². The highest BCUT2D eigenvalue weighted by Gasteiger charge is 2.23. The molecule has 2 rings (SSSR count). The van der Waals surface area contributed by atoms with Gasteiger partial charge in [-0.15, -0.1) is 0 Å². The van der Waals surface area contributed by atoms with Crippen molar-refractivity contribution in [3.63, 3.8) is 0 Å². The van der Waals surface area contributed by atoms with Gasteiger partial charge in [0.25, 0.3) is 0 Å². The Hall–Kier alpha value is -0.980. The number of benzene rings is 1. The molecular weight excluding hydrogens is 304 g/mol. The van der Waals surface area contributed by atoms with Crippen molar-refractivity contribution in [1.82, 2.24) is 9.80 Å². The van der Waals surface area contributed by atoms with Gasteiger partial charge in [0.15, 0.2) is 11.5 Å². The van der Waals surface area contributed by atoms with Gasteiger partial charge in [0, 0.05) is 12.6 Å². The van der Waals surface area contributed by atoms with Crippen molar-refractivity contribution in [2.45, 2.75) is 26.4 Å². The highest BCUT2D eigenvalue weighted by molar-refractivity contribution is 8.22. The Morgan fingerprint density at radius 1 is 1.24 bits per heavy atom. The highest BCUT2D eigenvalue weighted by Crippen LogP contribution is 2.29. The average molecular weight is 326 g/mol. The monoisotopic (exact) mass is 326 g/mol. The molecule has 1 aromatic rings. The lowest BCUT2D eigenvalue weighted by molar-refractivity contribution is 0.182. The van der Waals surface area contributed by atoms with Crippen LogP contribution in [0.5, 0.6) is 11.5 Å². The number of thioether (sulfide) groups is 1. The molecule has 0 radical (unpaired) electrons. The molecule has 116 valence electrons. The SMILES string of the molecule is COc1ccc(CN2CSC(=S)N(C(C)C)C2)cc1OC. The van der Waals surface area contributed by atoms with E-state index in [1.165, 1.54) is 5.56 Å². The average Bonchev–Trinajstić information content (AvgIpc) is 2.48. The van der Waals surface area contributed by atoms with Crippen LogP contribution in [-0.4, -0.2) is 46.9 Å². The van der Waals surface area contributed by atoms with Crippen LogP contribution in [0.2, 0.25) is 0 Å². The molecule has 0 saturated carbocycles. The number of rotatable bonds is 5. The fraction of sp³-hybridized carbons (Fsp3) is 0.533. The molecule has 1 heterocycles. The Morgan fingerprint density at radius 2 is 1.95 bits per heavy atom. The number of ether oxygens (including phenoxy) is 2. The first kappa shape index (κ1) is 16.4. The number of nitrogens with zero attached hydrogens (tertiary/aromatic N) is 2. The summed E-state index contributed by atoms with van der Waals surface area (Å²) in [6.45, 7) is 6.09. The molecule has 0 spiro atoms. The van der Waals surface area contributed by atoms with Gasteiger partial charge in [0.05, 0.1) is 26.8 Å². The van der Waals surface area contributed by atoms with Crippen LogP contribution >= 0.6 is 24.0 Å². The first-order valence-corrected chi connectivity index (χ1v) is 8.31. The van der Waals surface area contributed by atoms with Crippen molar-refractivity contribution in [3.8, 4) is 11.5 Å². The molecule has 1 saturated heterocycles. The second-order valence-electron chi connectivity index (χ2n) is 5.26. The summed E-state index contributed by atoms with van der Waals surface area (Å²) >= 11 is 7.15. The Bertz CT molecular complexity index is 508. The number of hydrogen-bond donors (Lipinski definition) is 0. The van der Waals surface area contributed by atoms with E-state index < -0.39 is 0 Å². The highest BCUT2D eigenvalue weighted by atomic mass is 32.2. The van der Waals surface area contributed by atoms with Gasteiger partial charge < -0.3 is 14.4 Å². The molecule has 0 unspecified atom stereocenters. The van der Waals surface area contributed by atoms with Crippen LogP contribution in [0.15, 0.2) is 18.2 Å². The van der Waals surface area contributed by atoms with E-state index in [4.69, 9.17) is 21.7 Å². The Kier molecular flexibility index (Phi) is 5.72. The summed E-state index contributed by atoms with van der Waals surface area (Å²) in [5.41, 5.74) is 1.21. The third-order valence-corrected chi connectivity index (χ3v) is 5.00. The molecule has 0 atom stereocenters. The lowest BCUT2D eigenvalue weighted by Gasteiger charge is -2.39. The van der Waals surface area contributed by atoms with Crippen molar-refractivity contribution >= 4 is 28.3 Å². The van der Waals surface area contributed by atoms with Crippen molar-refractivity contribution in [3.05, 3.63) is 23.8 Å². The summed E-state index contributed by atoms with van der Waals surface area (Å²) in [6.07, 6.45) is 0. The van der Waals surface area contributed by atoms with Crippen LogP contribution in [0.4, 0.5) is 0 Å². The molecule has 1 aliphatic heterocycles. The zero-order chi connectivity index (χ0) is 15.4. The van der Waals surface area contributed by atoms with Gasteiger partial charge in [-0.05, 0) is 31.5 Å². The van der Waals surface area contributed by atoms with E-state index in [1.54, 1.807) is 26.0 Å². The van der Waals surface area contributed by atoms with E-state index in [0.29, 0.717) is 6.04 Å². The third kappa shape index (κ3) is 4.02. The molecule has 21 heavy (non-hydrogen) atoms. The van der Waals surface area contributed by atoms with Crippen molar-refractivity contribution in [2.75, 3.05) is 26.8 Å². The predicted molar refractivity (Wildman–Crippen MR) is 92.0 cm³/mol. The topological polar surface area (TPSA) is 24.9 Å². The first-order valence-electron chi connectivity index (χ1n) is 6.91. The predicted octanol–water partition coefficient (Wildman–Crippen LogP) is 3.16. The minimum Gasteiger partial charge on any atom is -0.493 e. The minimum absolute atomic E-state index is 0.429. The normalized spacial score (nSPS) is 16.4. The maximum Gasteiger partial charge on any atom is 0.161 e. The molecule has 0 aromatic heterocycles. The van der Waals surface area contributed by atoms with Gasteiger partial charge in [-0.25, -0.2) is 0 Å². The largest absolute Gasteiger partial charge is 0.493 e. The molecule has 0 N–H and O–H groups in total. The number of hydrogen-bond acceptors (Lipinski definition) is 5. The minimum atomic E-state index is 0.429. The molecule has 6 heteroatoms. The van der Waals surface area contributed by atoms with Crippen LogP contribution < -0.4 is 9.47 Å². The number of thiocarbonyl (C=S) groups is 1. The van der Waals surface area contributed by atoms with E-state index in [2.05, 4.69) is 29.7 Å². The van der Waals surface area contributed by atoms with E-state index in [0.717, 1.165) is 34.9 Å². The quantitative estimate of drug-likeness (QED) is 0.771. The summed E-state index contributed by atoms with van der Waals surface area (Å²) in [5.74, 6) is 2.46. The van der Waals surface area contributed by atoms with Crippen molar-refractivity contribution in [2.24, 2.45) is 0 Å². The fourth-order valence-electron chi connectivity index (χ4n) is 2.25. The lowest BCUT2D eigenvalue weighted by atomic mass is 10.2. The fourth-order valence-corrected chi connectivity index (χ4v) is 3.58. The summed E-state index contributed by atoms with van der Waals surface area (Å²) in [5, 5.41) is 0. The summed E-state index contributed by atoms with van der Waals surface area (Å²) in [4.78, 5) is 4.63. The van der Waals surface area contributed by atoms with Crippen LogP contribution in [0, 0.1) is 0 Å². The second kappa shape index (κ2) is 7.33. The van der Waals surface area contributed by atoms with Gasteiger partial charge in [0.1, 0.15) is 4.32 Å². The van der Waals surface area contributed by atoms with Crippen molar-refractivity contribution in [1.29, 1.82) is 0 Å². The maximum absolute atomic E-state index is 5.42. The van der Waals surface area contributed by atoms with E-state index in [9.17, 15) is 0 Å². The molecule has 0 bridgehead atoms. The molecular formula is C15H22N2O2S2. The van der Waals surface area contributed by atoms with Crippen molar-refractivity contribution < 1.29 is 9.47 Å². The Morgan fingerprint density at radius 3 is 2.57 bits per heavy atom. The zero-order valence-electron chi connectivity index (χ0n) is 13.0. The van der Waals surface area contributed by atoms with E-state index in [1.807, 2.05) is 12.1 Å². The van der Waals surface area contributed by atoms with E-state index in [-0.39, 0.29) is 0 Å². The Labute approximate surface area is 136 Å². The molecule has 0 aliphatic carbocycles. The van der Waals surface area contributed by atoms with Crippen LogP contribution in [0.1, 0.15) is 19.4 Å². The van der Waals surface area contributed by atoms with Crippen LogP contribution in [0.25, 0.3) is 0 Å². The first-order chi connectivity index (χ1) is 10.0. The molecule has 1 aromatic carbocycles. The third-order valence-electron chi connectivity index (χ3n) is 3.43. The van der Waals surface area contributed by atoms with Gasteiger partial charge >= 0.3 is 0 Å². The molecule has 1 fully saturated rings. The van der Waals surface area contributed by atoms with Gasteiger partial charge in [0.2, 0.25) is 0 Å². The molecule has 4 nitrogen and oxygen atoms in total. The smallest absolute Gasteiger partial charge is 0.161 e. The lowest BCUT2D eigenvalue weighted by Crippen LogP contribution is -2.47. The Balaban J connectivity index is 2.06. The standard InChI is InChI=1S/C15H22N2O2S2/c1-11(2)17-9-16(10-21-15(17)20)8-12-5-6-13(18-3)14(7-12)19-4/h5-7,11H,8-10H2,1-4H3. The van der Waals surface area contributed by atoms with Crippen LogP contribution in [0.3, 0.4) is 0 Å². The summed E-state index contributed by atoms with van der Waals surface area (Å²) in [6, 6.07) is 6.50. The summed E-state index contributed by atoms with van der Waals surface area (Å²) in [7, 11) is 3.32. The van der Waals surface area contributed by atoms with Gasteiger partial charge in [-0.2, -0.15) is 0 Å². The number of methoxy groups -OCH3 is 2. The maximum atomic E-state index is 5.42. The second-order valence-corrected chi connectivity index (χ2v) is 6.84. The van der Waals surface area contributed by atoms with Gasteiger partial charge in [-0.3, -0.25) is 4.90 Å². The molecule has 0 amide bonds. The van der Waals surface area contributed by atoms with E-state index >= 15 is 0 Å². The zero-order valence-corrected chi connectivity index (χ0v) is 14.6. The molecule has 1 aliphatic rings.